The van der Waals surface area contributed by atoms with Crippen molar-refractivity contribution in [2.75, 3.05) is 45.9 Å². The Morgan fingerprint density at radius 3 is 2.31 bits per heavy atom. The maximum absolute atomic E-state index is 12.9. The zero-order chi connectivity index (χ0) is 21.3. The lowest BCUT2D eigenvalue weighted by atomic mass is 10.1. The van der Waals surface area contributed by atoms with Crippen LogP contribution in [0.15, 0.2) is 48.5 Å². The molecule has 0 aliphatic carbocycles. The summed E-state index contributed by atoms with van der Waals surface area (Å²) in [5.41, 5.74) is 1.64. The van der Waals surface area contributed by atoms with Crippen molar-refractivity contribution in [1.29, 1.82) is 0 Å². The Labute approximate surface area is 202 Å². The average molecular weight is 487 g/mol. The van der Waals surface area contributed by atoms with Gasteiger partial charge in [0.05, 0.1) is 0 Å². The smallest absolute Gasteiger partial charge is 0.162 e. The van der Waals surface area contributed by atoms with Crippen LogP contribution in [0, 0.1) is 12.7 Å². The second-order valence-corrected chi connectivity index (χ2v) is 7.91. The number of ketones is 1. The van der Waals surface area contributed by atoms with Gasteiger partial charge >= 0.3 is 0 Å². The molecule has 1 unspecified atom stereocenters. The van der Waals surface area contributed by atoms with E-state index in [1.54, 1.807) is 12.1 Å². The lowest BCUT2D eigenvalue weighted by Gasteiger charge is -2.35. The fraction of sp³-hybridized carbons (Fsp3) is 0.458. The molecule has 1 atom stereocenters. The van der Waals surface area contributed by atoms with Crippen LogP contribution in [0.2, 0.25) is 0 Å². The predicted octanol–water partition coefficient (Wildman–Crippen LogP) is 4.00. The Morgan fingerprint density at radius 1 is 1.03 bits per heavy atom. The van der Waals surface area contributed by atoms with Crippen molar-refractivity contribution in [2.24, 2.45) is 0 Å². The fourth-order valence-electron chi connectivity index (χ4n) is 3.69. The van der Waals surface area contributed by atoms with Gasteiger partial charge in [-0.2, -0.15) is 0 Å². The Hall–Kier alpha value is -1.70. The minimum absolute atomic E-state index is 0. The number of nitrogens with zero attached hydrogens (tertiary/aromatic N) is 2. The van der Waals surface area contributed by atoms with Crippen molar-refractivity contribution >= 4 is 30.6 Å². The van der Waals surface area contributed by atoms with E-state index in [4.69, 9.17) is 4.74 Å². The van der Waals surface area contributed by atoms with Crippen LogP contribution < -0.4 is 4.74 Å². The number of hydrogen-bond acceptors (Lipinski definition) is 5. The fourth-order valence-corrected chi connectivity index (χ4v) is 3.69. The highest BCUT2D eigenvalue weighted by Gasteiger charge is 2.19. The van der Waals surface area contributed by atoms with Crippen molar-refractivity contribution < 1.29 is 19.0 Å². The topological polar surface area (TPSA) is 53.0 Å². The minimum Gasteiger partial charge on any atom is -0.491 e. The van der Waals surface area contributed by atoms with E-state index in [0.29, 0.717) is 18.5 Å². The molecule has 1 saturated heterocycles. The molecule has 0 saturated carbocycles. The van der Waals surface area contributed by atoms with Crippen LogP contribution in [0.4, 0.5) is 4.39 Å². The minimum atomic E-state index is -0.524. The molecule has 1 N–H and O–H groups in total. The van der Waals surface area contributed by atoms with Crippen molar-refractivity contribution in [1.82, 2.24) is 9.80 Å². The number of ether oxygens (including phenoxy) is 1. The quantitative estimate of drug-likeness (QED) is 0.514. The third-order valence-corrected chi connectivity index (χ3v) is 5.50. The standard InChI is InChI=1S/C24H31FN2O3.2ClH/c1-19-5-2-3-7-24(19)30-18-22(28)17-27-15-13-26(14-16-27)12-4-6-23(29)20-8-10-21(25)11-9-20;;/h2-3,5,7-11,22,28H,4,6,12-18H2,1H3;2*1H. The predicted molar refractivity (Wildman–Crippen MR) is 130 cm³/mol. The molecule has 0 amide bonds. The lowest BCUT2D eigenvalue weighted by molar-refractivity contribution is 0.0455. The zero-order valence-electron chi connectivity index (χ0n) is 18.4. The van der Waals surface area contributed by atoms with E-state index >= 15 is 0 Å². The molecule has 1 aliphatic heterocycles. The summed E-state index contributed by atoms with van der Waals surface area (Å²) < 4.78 is 18.7. The summed E-state index contributed by atoms with van der Waals surface area (Å²) in [6.45, 7) is 7.40. The van der Waals surface area contributed by atoms with Gasteiger partial charge in [0.1, 0.15) is 24.3 Å². The molecule has 1 aliphatic rings. The normalized spacial score (nSPS) is 15.3. The van der Waals surface area contributed by atoms with E-state index in [9.17, 15) is 14.3 Å². The molecule has 1 heterocycles. The second-order valence-electron chi connectivity index (χ2n) is 7.91. The summed E-state index contributed by atoms with van der Waals surface area (Å²) in [5.74, 6) is 0.554. The Kier molecular flexibility index (Phi) is 12.8. The number of Topliss-reactive ketones (excluding diaryl/α,β-unsaturated/α-hetero) is 1. The number of carbonyl (C=O) groups excluding carboxylic acids is 1. The number of benzene rings is 2. The van der Waals surface area contributed by atoms with Gasteiger partial charge < -0.3 is 14.7 Å². The van der Waals surface area contributed by atoms with Gasteiger partial charge in [-0.1, -0.05) is 18.2 Å². The number of aryl methyl sites for hydroxylation is 1. The molecule has 0 bridgehead atoms. The third kappa shape index (κ3) is 9.04. The monoisotopic (exact) mass is 486 g/mol. The van der Waals surface area contributed by atoms with E-state index < -0.39 is 6.10 Å². The maximum atomic E-state index is 12.9. The van der Waals surface area contributed by atoms with Crippen molar-refractivity contribution in [3.05, 3.63) is 65.5 Å². The van der Waals surface area contributed by atoms with Gasteiger partial charge in [0.15, 0.2) is 5.78 Å². The SMILES string of the molecule is Cc1ccccc1OCC(O)CN1CCN(CCCC(=O)c2ccc(F)cc2)CC1.Cl.Cl. The summed E-state index contributed by atoms with van der Waals surface area (Å²) in [6.07, 6.45) is 0.744. The summed E-state index contributed by atoms with van der Waals surface area (Å²) in [4.78, 5) is 16.8. The van der Waals surface area contributed by atoms with Crippen molar-refractivity contribution in [2.45, 2.75) is 25.9 Å². The van der Waals surface area contributed by atoms with Gasteiger partial charge in [0.25, 0.3) is 0 Å². The molecular weight excluding hydrogens is 454 g/mol. The molecular formula is C24H33Cl2FN2O3. The first kappa shape index (κ1) is 28.3. The summed E-state index contributed by atoms with van der Waals surface area (Å²) >= 11 is 0. The van der Waals surface area contributed by atoms with Gasteiger partial charge in [-0.3, -0.25) is 9.69 Å². The van der Waals surface area contributed by atoms with Crippen LogP contribution in [0.1, 0.15) is 28.8 Å². The molecule has 8 heteroatoms. The molecule has 1 fully saturated rings. The lowest BCUT2D eigenvalue weighted by Crippen LogP contribution is -2.49. The van der Waals surface area contributed by atoms with Crippen LogP contribution in [0.25, 0.3) is 0 Å². The van der Waals surface area contributed by atoms with Crippen LogP contribution in [-0.4, -0.2) is 72.7 Å². The highest BCUT2D eigenvalue weighted by molar-refractivity contribution is 5.95. The number of hydrogen-bond donors (Lipinski definition) is 1. The summed E-state index contributed by atoms with van der Waals surface area (Å²) in [5, 5.41) is 10.3. The van der Waals surface area contributed by atoms with Crippen molar-refractivity contribution in [3.8, 4) is 5.75 Å². The Morgan fingerprint density at radius 2 is 1.66 bits per heavy atom. The molecule has 2 aromatic rings. The van der Waals surface area contributed by atoms with Crippen LogP contribution >= 0.6 is 24.8 Å². The first-order chi connectivity index (χ1) is 14.5. The van der Waals surface area contributed by atoms with Crippen molar-refractivity contribution in [3.63, 3.8) is 0 Å². The van der Waals surface area contributed by atoms with Gasteiger partial charge in [0, 0.05) is 44.7 Å². The molecule has 3 rings (SSSR count). The average Bonchev–Trinajstić information content (AvgIpc) is 2.75. The number of aliphatic hydroxyl groups excluding tert-OH is 1. The first-order valence-corrected chi connectivity index (χ1v) is 10.6. The largest absolute Gasteiger partial charge is 0.491 e. The van der Waals surface area contributed by atoms with E-state index in [2.05, 4.69) is 9.80 Å². The molecule has 5 nitrogen and oxygen atoms in total. The molecule has 178 valence electrons. The summed E-state index contributed by atoms with van der Waals surface area (Å²) in [6, 6.07) is 13.6. The Balaban J connectivity index is 0.00000256. The number of para-hydroxylation sites is 1. The molecule has 0 radical (unpaired) electrons. The van der Waals surface area contributed by atoms with Gasteiger partial charge in [-0.15, -0.1) is 24.8 Å². The number of piperazine rings is 1. The maximum Gasteiger partial charge on any atom is 0.162 e. The van der Waals surface area contributed by atoms with Crippen LogP contribution in [0.3, 0.4) is 0 Å². The van der Waals surface area contributed by atoms with Gasteiger partial charge in [-0.25, -0.2) is 4.39 Å². The number of aliphatic hydroxyl groups is 1. The van der Waals surface area contributed by atoms with Gasteiger partial charge in [-0.05, 0) is 55.8 Å². The second kappa shape index (κ2) is 14.4. The number of carbonyl (C=O) groups is 1. The highest BCUT2D eigenvalue weighted by Crippen LogP contribution is 2.16. The number of halogens is 3. The molecule has 0 spiro atoms. The number of rotatable bonds is 10. The molecule has 32 heavy (non-hydrogen) atoms. The van der Waals surface area contributed by atoms with E-state index in [-0.39, 0.29) is 43.0 Å². The number of β-amino-alcohol motifs (C(OH)–C–C–N with tert-alkyl or cyclic N) is 1. The van der Waals surface area contributed by atoms with Gasteiger partial charge in [0.2, 0.25) is 0 Å². The molecule has 2 aromatic carbocycles. The first-order valence-electron chi connectivity index (χ1n) is 10.6. The van der Waals surface area contributed by atoms with E-state index in [1.165, 1.54) is 12.1 Å². The highest BCUT2D eigenvalue weighted by atomic mass is 35.5. The third-order valence-electron chi connectivity index (χ3n) is 5.50. The van der Waals surface area contributed by atoms with Crippen LogP contribution in [-0.2, 0) is 0 Å². The Bertz CT molecular complexity index is 815. The van der Waals surface area contributed by atoms with Crippen LogP contribution in [0.5, 0.6) is 5.75 Å². The van der Waals surface area contributed by atoms with E-state index in [0.717, 1.165) is 50.5 Å². The zero-order valence-corrected chi connectivity index (χ0v) is 20.0. The molecule has 0 aromatic heterocycles. The van der Waals surface area contributed by atoms with E-state index in [1.807, 2.05) is 31.2 Å². The summed E-state index contributed by atoms with van der Waals surface area (Å²) in [7, 11) is 0.